The molecule has 0 aromatic rings. The van der Waals surface area contributed by atoms with Gasteiger partial charge in [0.1, 0.15) is 18.4 Å². The fraction of sp³-hybridized carbons (Fsp3) is 0.800. The second-order valence-electron chi connectivity index (χ2n) is 8.45. The Kier molecular flexibility index (Phi) is 11.6. The smallest absolute Gasteiger partial charge is 0.243 e. The average molecular weight is 384 g/mol. The van der Waals surface area contributed by atoms with Crippen molar-refractivity contribution < 1.29 is 19.2 Å². The summed E-state index contributed by atoms with van der Waals surface area (Å²) in [5.74, 6) is -0.416. The van der Waals surface area contributed by atoms with Crippen molar-refractivity contribution in [3.8, 4) is 0 Å². The number of hydrogen-bond acceptors (Lipinski definition) is 4. The van der Waals surface area contributed by atoms with E-state index >= 15 is 0 Å². The van der Waals surface area contributed by atoms with Crippen molar-refractivity contribution in [1.29, 1.82) is 0 Å². The number of amides is 3. The van der Waals surface area contributed by atoms with Crippen LogP contribution >= 0.6 is 0 Å². The van der Waals surface area contributed by atoms with Crippen molar-refractivity contribution in [3.05, 3.63) is 0 Å². The Balaban J connectivity index is 5.19. The van der Waals surface area contributed by atoms with Crippen LogP contribution in [0, 0.1) is 17.8 Å². The zero-order valence-electron chi connectivity index (χ0n) is 17.8. The predicted molar refractivity (Wildman–Crippen MR) is 106 cm³/mol. The Morgan fingerprint density at radius 3 is 1.48 bits per heavy atom. The lowest BCUT2D eigenvalue weighted by Crippen LogP contribution is -2.55. The van der Waals surface area contributed by atoms with Crippen LogP contribution in [0.2, 0.25) is 0 Å². The van der Waals surface area contributed by atoms with Gasteiger partial charge in [0, 0.05) is 6.92 Å². The fourth-order valence-electron chi connectivity index (χ4n) is 2.86. The molecule has 3 N–H and O–H groups in total. The van der Waals surface area contributed by atoms with Gasteiger partial charge in [0.05, 0.1) is 6.04 Å². The Hall–Kier alpha value is -1.92. The quantitative estimate of drug-likeness (QED) is 0.447. The Morgan fingerprint density at radius 2 is 1.11 bits per heavy atom. The Morgan fingerprint density at radius 1 is 0.704 bits per heavy atom. The summed E-state index contributed by atoms with van der Waals surface area (Å²) in [5.41, 5.74) is 0. The van der Waals surface area contributed by atoms with Gasteiger partial charge < -0.3 is 20.7 Å². The third kappa shape index (κ3) is 11.4. The average Bonchev–Trinajstić information content (AvgIpc) is 2.50. The minimum atomic E-state index is -0.754. The van der Waals surface area contributed by atoms with Crippen LogP contribution in [0.5, 0.6) is 0 Å². The lowest BCUT2D eigenvalue weighted by molar-refractivity contribution is -0.133. The predicted octanol–water partition coefficient (Wildman–Crippen LogP) is 1.80. The van der Waals surface area contributed by atoms with Crippen LogP contribution in [-0.2, 0) is 19.2 Å². The third-order valence-electron chi connectivity index (χ3n) is 3.96. The standard InChI is InChI=1S/C20H37N3O4/c1-12(2)8-16(11-24)22-19(26)18(10-14(5)6)23-20(27)17(9-13(3)4)21-15(7)25/h11-14,16-18H,8-10H2,1-7H3,(H,21,25)(H,22,26)(H,23,27). The van der Waals surface area contributed by atoms with Crippen LogP contribution < -0.4 is 16.0 Å². The highest BCUT2D eigenvalue weighted by Crippen LogP contribution is 2.10. The summed E-state index contributed by atoms with van der Waals surface area (Å²) < 4.78 is 0. The molecule has 156 valence electrons. The number of rotatable bonds is 12. The zero-order valence-corrected chi connectivity index (χ0v) is 17.8. The largest absolute Gasteiger partial charge is 0.345 e. The van der Waals surface area contributed by atoms with Crippen LogP contribution in [-0.4, -0.2) is 42.1 Å². The molecule has 0 rings (SSSR count). The maximum absolute atomic E-state index is 12.7. The highest BCUT2D eigenvalue weighted by molar-refractivity contribution is 5.92. The summed E-state index contributed by atoms with van der Waals surface area (Å²) in [5, 5.41) is 8.13. The molecule has 0 saturated carbocycles. The molecule has 0 aromatic heterocycles. The van der Waals surface area contributed by atoms with E-state index in [4.69, 9.17) is 0 Å². The van der Waals surface area contributed by atoms with Gasteiger partial charge in [0.15, 0.2) is 0 Å². The normalized spacial score (nSPS) is 14.6. The molecule has 0 aliphatic rings. The van der Waals surface area contributed by atoms with Crippen LogP contribution in [0.15, 0.2) is 0 Å². The van der Waals surface area contributed by atoms with Crippen LogP contribution in [0.4, 0.5) is 0 Å². The van der Waals surface area contributed by atoms with E-state index in [1.54, 1.807) is 0 Å². The van der Waals surface area contributed by atoms with Gasteiger partial charge in [0.25, 0.3) is 0 Å². The molecule has 0 fully saturated rings. The Labute approximate surface area is 163 Å². The van der Waals surface area contributed by atoms with Crippen molar-refractivity contribution in [2.45, 2.75) is 85.9 Å². The summed E-state index contributed by atoms with van der Waals surface area (Å²) in [6.45, 7) is 13.1. The van der Waals surface area contributed by atoms with Crippen molar-refractivity contribution >= 4 is 24.0 Å². The number of nitrogens with one attached hydrogen (secondary N) is 3. The molecule has 0 heterocycles. The first-order chi connectivity index (χ1) is 12.5. The van der Waals surface area contributed by atoms with Gasteiger partial charge in [-0.15, -0.1) is 0 Å². The maximum atomic E-state index is 12.7. The van der Waals surface area contributed by atoms with Crippen LogP contribution in [0.25, 0.3) is 0 Å². The van der Waals surface area contributed by atoms with Gasteiger partial charge in [0.2, 0.25) is 17.7 Å². The maximum Gasteiger partial charge on any atom is 0.243 e. The molecule has 0 aliphatic carbocycles. The van der Waals surface area contributed by atoms with Gasteiger partial charge in [-0.2, -0.15) is 0 Å². The van der Waals surface area contributed by atoms with Gasteiger partial charge in [-0.3, -0.25) is 14.4 Å². The highest BCUT2D eigenvalue weighted by Gasteiger charge is 2.28. The summed E-state index contributed by atoms with van der Waals surface area (Å²) in [4.78, 5) is 48.0. The molecule has 7 nitrogen and oxygen atoms in total. The van der Waals surface area contributed by atoms with Gasteiger partial charge >= 0.3 is 0 Å². The second kappa shape index (κ2) is 12.5. The molecule has 3 atom stereocenters. The summed E-state index contributed by atoms with van der Waals surface area (Å²) >= 11 is 0. The molecule has 0 saturated heterocycles. The minimum Gasteiger partial charge on any atom is -0.345 e. The van der Waals surface area contributed by atoms with E-state index in [9.17, 15) is 19.2 Å². The summed E-state index contributed by atoms with van der Waals surface area (Å²) in [6.07, 6.45) is 2.19. The molecule has 27 heavy (non-hydrogen) atoms. The molecule has 0 aromatic carbocycles. The SMILES string of the molecule is CC(=O)NC(CC(C)C)C(=O)NC(CC(C)C)C(=O)NC(C=O)CC(C)C. The molecule has 0 spiro atoms. The van der Waals surface area contributed by atoms with E-state index in [1.807, 2.05) is 41.5 Å². The highest BCUT2D eigenvalue weighted by atomic mass is 16.2. The lowest BCUT2D eigenvalue weighted by Gasteiger charge is -2.26. The summed E-state index contributed by atoms with van der Waals surface area (Å²) in [7, 11) is 0. The molecule has 0 bridgehead atoms. The fourth-order valence-corrected chi connectivity index (χ4v) is 2.86. The van der Waals surface area contributed by atoms with Crippen molar-refractivity contribution in [1.82, 2.24) is 16.0 Å². The number of carbonyl (C=O) groups excluding carboxylic acids is 4. The number of hydrogen-bond donors (Lipinski definition) is 3. The molecule has 0 radical (unpaired) electrons. The summed E-state index contributed by atoms with van der Waals surface area (Å²) in [6, 6.07) is -2.02. The molecular weight excluding hydrogens is 346 g/mol. The number of carbonyl (C=O) groups is 4. The zero-order chi connectivity index (χ0) is 21.1. The minimum absolute atomic E-state index is 0.171. The first-order valence-electron chi connectivity index (χ1n) is 9.79. The molecule has 3 unspecified atom stereocenters. The molecule has 3 amide bonds. The topological polar surface area (TPSA) is 104 Å². The van der Waals surface area contributed by atoms with Crippen molar-refractivity contribution in [2.75, 3.05) is 0 Å². The van der Waals surface area contributed by atoms with Gasteiger partial charge in [-0.25, -0.2) is 0 Å². The van der Waals surface area contributed by atoms with Gasteiger partial charge in [-0.1, -0.05) is 41.5 Å². The monoisotopic (exact) mass is 383 g/mol. The van der Waals surface area contributed by atoms with E-state index in [0.717, 1.165) is 6.29 Å². The van der Waals surface area contributed by atoms with Crippen molar-refractivity contribution in [2.24, 2.45) is 17.8 Å². The van der Waals surface area contributed by atoms with E-state index in [1.165, 1.54) is 6.92 Å². The molecule has 7 heteroatoms. The first-order valence-corrected chi connectivity index (χ1v) is 9.79. The van der Waals surface area contributed by atoms with E-state index in [2.05, 4.69) is 16.0 Å². The number of aldehydes is 1. The van der Waals surface area contributed by atoms with Crippen LogP contribution in [0.3, 0.4) is 0 Å². The van der Waals surface area contributed by atoms with Gasteiger partial charge in [-0.05, 0) is 37.0 Å². The van der Waals surface area contributed by atoms with E-state index in [0.29, 0.717) is 19.3 Å². The van der Waals surface area contributed by atoms with Crippen LogP contribution in [0.1, 0.15) is 67.7 Å². The van der Waals surface area contributed by atoms with Crippen molar-refractivity contribution in [3.63, 3.8) is 0 Å². The third-order valence-corrected chi connectivity index (χ3v) is 3.96. The first kappa shape index (κ1) is 25.1. The second-order valence-corrected chi connectivity index (χ2v) is 8.45. The molecule has 0 aliphatic heterocycles. The van der Waals surface area contributed by atoms with E-state index in [-0.39, 0.29) is 35.5 Å². The lowest BCUT2D eigenvalue weighted by atomic mass is 9.99. The Bertz CT molecular complexity index is 503. The molecular formula is C20H37N3O4. The van der Waals surface area contributed by atoms with E-state index < -0.39 is 18.1 Å².